The van der Waals surface area contributed by atoms with Crippen molar-refractivity contribution in [1.82, 2.24) is 0 Å². The molecule has 1 aliphatic rings. The smallest absolute Gasteiger partial charge is 0.119 e. The zero-order valence-corrected chi connectivity index (χ0v) is 10.4. The minimum absolute atomic E-state index is 0.120. The summed E-state index contributed by atoms with van der Waals surface area (Å²) in [6.45, 7) is 4.37. The second-order valence-corrected chi connectivity index (χ2v) is 4.48. The number of hydrogen-bond acceptors (Lipinski definition) is 3. The Kier molecular flexibility index (Phi) is 4.40. The van der Waals surface area contributed by atoms with Gasteiger partial charge >= 0.3 is 0 Å². The molecule has 0 radical (unpaired) electrons. The van der Waals surface area contributed by atoms with E-state index in [9.17, 15) is 0 Å². The maximum absolute atomic E-state index is 6.30. The second-order valence-electron chi connectivity index (χ2n) is 4.48. The van der Waals surface area contributed by atoms with Gasteiger partial charge in [-0.25, -0.2) is 0 Å². The summed E-state index contributed by atoms with van der Waals surface area (Å²) < 4.78 is 10.8. The van der Waals surface area contributed by atoms with Gasteiger partial charge in [0.05, 0.1) is 6.61 Å². The van der Waals surface area contributed by atoms with Crippen LogP contribution in [0.15, 0.2) is 24.3 Å². The molecule has 0 aromatic heterocycles. The average molecular weight is 235 g/mol. The fraction of sp³-hybridized carbons (Fsp3) is 0.571. The molecule has 3 heteroatoms. The Bertz CT molecular complexity index is 331. The van der Waals surface area contributed by atoms with Gasteiger partial charge in [-0.15, -0.1) is 0 Å². The highest BCUT2D eigenvalue weighted by Crippen LogP contribution is 2.28. The summed E-state index contributed by atoms with van der Waals surface area (Å²) in [5.41, 5.74) is 7.49. The van der Waals surface area contributed by atoms with Crippen LogP contribution < -0.4 is 10.5 Å². The third kappa shape index (κ3) is 3.20. The second kappa shape index (κ2) is 6.03. The number of ether oxygens (including phenoxy) is 2. The van der Waals surface area contributed by atoms with Crippen LogP contribution in [0.4, 0.5) is 0 Å². The van der Waals surface area contributed by atoms with E-state index in [1.54, 1.807) is 0 Å². The predicted octanol–water partition coefficient (Wildman–Crippen LogP) is 2.51. The third-order valence-corrected chi connectivity index (χ3v) is 3.35. The molecule has 0 aliphatic carbocycles. The van der Waals surface area contributed by atoms with Gasteiger partial charge in [-0.2, -0.15) is 0 Å². The van der Waals surface area contributed by atoms with Gasteiger partial charge in [0.2, 0.25) is 0 Å². The lowest BCUT2D eigenvalue weighted by Crippen LogP contribution is -2.27. The molecule has 0 unspecified atom stereocenters. The largest absolute Gasteiger partial charge is 0.494 e. The minimum Gasteiger partial charge on any atom is -0.494 e. The van der Waals surface area contributed by atoms with Gasteiger partial charge in [0.15, 0.2) is 0 Å². The van der Waals surface area contributed by atoms with Gasteiger partial charge in [0, 0.05) is 19.3 Å². The molecule has 0 amide bonds. The molecular weight excluding hydrogens is 214 g/mol. The molecule has 0 saturated carbocycles. The van der Waals surface area contributed by atoms with Crippen molar-refractivity contribution >= 4 is 0 Å². The van der Waals surface area contributed by atoms with Gasteiger partial charge in [0.25, 0.3) is 0 Å². The summed E-state index contributed by atoms with van der Waals surface area (Å²) in [4.78, 5) is 0. The number of nitrogens with two attached hydrogens (primary N) is 1. The molecule has 1 aliphatic heterocycles. The molecule has 0 bridgehead atoms. The highest BCUT2D eigenvalue weighted by molar-refractivity contribution is 5.29. The normalized spacial score (nSPS) is 18.9. The maximum Gasteiger partial charge on any atom is 0.119 e. The highest BCUT2D eigenvalue weighted by atomic mass is 16.5. The van der Waals surface area contributed by atoms with Gasteiger partial charge < -0.3 is 15.2 Å². The first kappa shape index (κ1) is 12.4. The first-order valence-corrected chi connectivity index (χ1v) is 6.37. The molecular formula is C14H21NO2. The lowest BCUT2D eigenvalue weighted by atomic mass is 9.88. The van der Waals surface area contributed by atoms with Gasteiger partial charge in [-0.3, -0.25) is 0 Å². The van der Waals surface area contributed by atoms with Crippen molar-refractivity contribution in [2.24, 2.45) is 11.7 Å². The standard InChI is InChI=1S/C14H21NO2/c1-2-17-13-5-3-11(4-6-13)14(15)12-7-9-16-10-8-12/h3-6,12,14H,2,7-10,15H2,1H3/t14-/m0/s1. The van der Waals surface area contributed by atoms with E-state index in [1.165, 1.54) is 5.56 Å². The highest BCUT2D eigenvalue weighted by Gasteiger charge is 2.22. The van der Waals surface area contributed by atoms with Crippen molar-refractivity contribution in [3.8, 4) is 5.75 Å². The van der Waals surface area contributed by atoms with Crippen LogP contribution in [0.2, 0.25) is 0 Å². The van der Waals surface area contributed by atoms with Crippen LogP contribution in [0.5, 0.6) is 5.75 Å². The molecule has 0 spiro atoms. The third-order valence-electron chi connectivity index (χ3n) is 3.35. The Balaban J connectivity index is 2.00. The summed E-state index contributed by atoms with van der Waals surface area (Å²) in [5.74, 6) is 1.46. The Labute approximate surface area is 103 Å². The van der Waals surface area contributed by atoms with E-state index < -0.39 is 0 Å². The summed E-state index contributed by atoms with van der Waals surface area (Å²) in [5, 5.41) is 0. The lowest BCUT2D eigenvalue weighted by molar-refractivity contribution is 0.0584. The topological polar surface area (TPSA) is 44.5 Å². The van der Waals surface area contributed by atoms with Crippen molar-refractivity contribution in [2.75, 3.05) is 19.8 Å². The van der Waals surface area contributed by atoms with E-state index in [4.69, 9.17) is 15.2 Å². The Morgan fingerprint density at radius 3 is 2.53 bits per heavy atom. The van der Waals surface area contributed by atoms with Crippen LogP contribution >= 0.6 is 0 Å². The lowest BCUT2D eigenvalue weighted by Gasteiger charge is -2.27. The Morgan fingerprint density at radius 1 is 1.29 bits per heavy atom. The van der Waals surface area contributed by atoms with Crippen LogP contribution in [0.1, 0.15) is 31.4 Å². The quantitative estimate of drug-likeness (QED) is 0.872. The van der Waals surface area contributed by atoms with Crippen LogP contribution in [0, 0.1) is 5.92 Å². The summed E-state index contributed by atoms with van der Waals surface area (Å²) in [6.07, 6.45) is 2.13. The molecule has 1 atom stereocenters. The molecule has 1 aromatic carbocycles. The van der Waals surface area contributed by atoms with Gasteiger partial charge in [-0.1, -0.05) is 12.1 Å². The van der Waals surface area contributed by atoms with E-state index >= 15 is 0 Å². The van der Waals surface area contributed by atoms with Crippen molar-refractivity contribution in [3.05, 3.63) is 29.8 Å². The molecule has 94 valence electrons. The van der Waals surface area contributed by atoms with Crippen LogP contribution in [-0.2, 0) is 4.74 Å². The van der Waals surface area contributed by atoms with E-state index in [0.29, 0.717) is 12.5 Å². The fourth-order valence-corrected chi connectivity index (χ4v) is 2.30. The van der Waals surface area contributed by atoms with Crippen LogP contribution in [-0.4, -0.2) is 19.8 Å². The number of hydrogen-bond donors (Lipinski definition) is 1. The summed E-state index contributed by atoms with van der Waals surface area (Å²) >= 11 is 0. The molecule has 3 nitrogen and oxygen atoms in total. The number of rotatable bonds is 4. The maximum atomic E-state index is 6.30. The molecule has 17 heavy (non-hydrogen) atoms. The first-order chi connectivity index (χ1) is 8.31. The first-order valence-electron chi connectivity index (χ1n) is 6.37. The predicted molar refractivity (Wildman–Crippen MR) is 68.1 cm³/mol. The van der Waals surface area contributed by atoms with Gasteiger partial charge in [0.1, 0.15) is 5.75 Å². The number of benzene rings is 1. The zero-order valence-electron chi connectivity index (χ0n) is 10.4. The van der Waals surface area contributed by atoms with Gasteiger partial charge in [-0.05, 0) is 43.4 Å². The Hall–Kier alpha value is -1.06. The zero-order chi connectivity index (χ0) is 12.1. The monoisotopic (exact) mass is 235 g/mol. The van der Waals surface area contributed by atoms with Crippen molar-refractivity contribution < 1.29 is 9.47 Å². The molecule has 2 rings (SSSR count). The fourth-order valence-electron chi connectivity index (χ4n) is 2.30. The summed E-state index contributed by atoms with van der Waals surface area (Å²) in [6, 6.07) is 8.27. The average Bonchev–Trinajstić information content (AvgIpc) is 2.40. The molecule has 2 N–H and O–H groups in total. The van der Waals surface area contributed by atoms with E-state index in [1.807, 2.05) is 19.1 Å². The molecule has 1 saturated heterocycles. The molecule has 1 fully saturated rings. The molecule has 1 aromatic rings. The van der Waals surface area contributed by atoms with Crippen molar-refractivity contribution in [1.29, 1.82) is 0 Å². The van der Waals surface area contributed by atoms with E-state index in [0.717, 1.165) is 31.8 Å². The minimum atomic E-state index is 0.120. The SMILES string of the molecule is CCOc1ccc([C@H](N)C2CCOCC2)cc1. The van der Waals surface area contributed by atoms with E-state index in [-0.39, 0.29) is 6.04 Å². The molecule has 1 heterocycles. The van der Waals surface area contributed by atoms with Crippen LogP contribution in [0.25, 0.3) is 0 Å². The van der Waals surface area contributed by atoms with Crippen molar-refractivity contribution in [2.45, 2.75) is 25.8 Å². The van der Waals surface area contributed by atoms with Crippen LogP contribution in [0.3, 0.4) is 0 Å². The Morgan fingerprint density at radius 2 is 1.94 bits per heavy atom. The van der Waals surface area contributed by atoms with Crippen molar-refractivity contribution in [3.63, 3.8) is 0 Å². The van der Waals surface area contributed by atoms with E-state index in [2.05, 4.69) is 12.1 Å². The summed E-state index contributed by atoms with van der Waals surface area (Å²) in [7, 11) is 0.